The van der Waals surface area contributed by atoms with E-state index in [0.717, 1.165) is 5.56 Å². The van der Waals surface area contributed by atoms with Crippen molar-refractivity contribution in [3.63, 3.8) is 0 Å². The molecule has 24 heavy (non-hydrogen) atoms. The standard InChI is InChI=1S/C17H23NO5.Na/c1-9(2)17(16(20)21)8-12(17)15(19)18-11-6-13(22-4)10(3)14(7-11)23-5;/h6-7,9,12H,8H2,1-5H3,(H,18,19)(H,20,21);/q;+1/p-1. The van der Waals surface area contributed by atoms with Crippen molar-refractivity contribution < 1.29 is 53.7 Å². The first-order chi connectivity index (χ1) is 10.8. The van der Waals surface area contributed by atoms with E-state index in [9.17, 15) is 14.7 Å². The van der Waals surface area contributed by atoms with E-state index >= 15 is 0 Å². The van der Waals surface area contributed by atoms with Gasteiger partial charge in [-0.3, -0.25) is 4.79 Å². The maximum absolute atomic E-state index is 12.4. The Kier molecular flexibility index (Phi) is 6.73. The molecule has 2 atom stereocenters. The molecule has 0 bridgehead atoms. The maximum atomic E-state index is 12.4. The minimum absolute atomic E-state index is 0. The van der Waals surface area contributed by atoms with Crippen molar-refractivity contribution in [2.45, 2.75) is 27.2 Å². The first-order valence-electron chi connectivity index (χ1n) is 7.52. The predicted octanol–water partition coefficient (Wildman–Crippen LogP) is -1.63. The fourth-order valence-electron chi connectivity index (χ4n) is 3.09. The molecule has 126 valence electrons. The van der Waals surface area contributed by atoms with Crippen molar-refractivity contribution in [1.29, 1.82) is 0 Å². The summed E-state index contributed by atoms with van der Waals surface area (Å²) in [6.07, 6.45) is 0.305. The number of anilines is 1. The van der Waals surface area contributed by atoms with Crippen LogP contribution in [-0.4, -0.2) is 26.1 Å². The summed E-state index contributed by atoms with van der Waals surface area (Å²) >= 11 is 0. The number of amides is 1. The zero-order valence-corrected chi connectivity index (χ0v) is 17.1. The molecule has 1 aliphatic rings. The first kappa shape index (κ1) is 20.8. The van der Waals surface area contributed by atoms with Crippen LogP contribution in [0.25, 0.3) is 0 Å². The number of ether oxygens (including phenoxy) is 2. The molecule has 1 aromatic rings. The van der Waals surface area contributed by atoms with Crippen molar-refractivity contribution in [3.8, 4) is 11.5 Å². The zero-order valence-electron chi connectivity index (χ0n) is 15.1. The third-order valence-electron chi connectivity index (χ3n) is 4.75. The summed E-state index contributed by atoms with van der Waals surface area (Å²) < 4.78 is 10.5. The molecule has 1 fully saturated rings. The van der Waals surface area contributed by atoms with E-state index in [-0.39, 0.29) is 41.4 Å². The van der Waals surface area contributed by atoms with Crippen LogP contribution in [0, 0.1) is 24.2 Å². The second-order valence-electron chi connectivity index (χ2n) is 6.23. The van der Waals surface area contributed by atoms with Gasteiger partial charge in [-0.1, -0.05) is 13.8 Å². The zero-order chi connectivity index (χ0) is 17.4. The summed E-state index contributed by atoms with van der Waals surface area (Å²) in [7, 11) is 3.07. The number of carbonyl (C=O) groups excluding carboxylic acids is 2. The van der Waals surface area contributed by atoms with Gasteiger partial charge in [0.1, 0.15) is 11.5 Å². The van der Waals surface area contributed by atoms with Crippen molar-refractivity contribution >= 4 is 17.6 Å². The molecule has 0 saturated heterocycles. The summed E-state index contributed by atoms with van der Waals surface area (Å²) in [6.45, 7) is 5.44. The van der Waals surface area contributed by atoms with Crippen LogP contribution in [0.15, 0.2) is 12.1 Å². The Balaban J connectivity index is 0.00000288. The molecule has 1 aliphatic carbocycles. The smallest absolute Gasteiger partial charge is 0.550 e. The number of hydrogen-bond acceptors (Lipinski definition) is 5. The van der Waals surface area contributed by atoms with Gasteiger partial charge < -0.3 is 24.7 Å². The number of aliphatic carboxylic acids is 1. The van der Waals surface area contributed by atoms with E-state index in [0.29, 0.717) is 23.6 Å². The first-order valence-corrected chi connectivity index (χ1v) is 7.52. The van der Waals surface area contributed by atoms with Gasteiger partial charge in [0, 0.05) is 34.8 Å². The Hall–Kier alpha value is -1.24. The van der Waals surface area contributed by atoms with E-state index in [1.165, 1.54) is 14.2 Å². The molecule has 0 heterocycles. The third kappa shape index (κ3) is 3.55. The van der Waals surface area contributed by atoms with Gasteiger partial charge in [0.25, 0.3) is 0 Å². The number of rotatable bonds is 6. The summed E-state index contributed by atoms with van der Waals surface area (Å²) in [6, 6.07) is 3.38. The van der Waals surface area contributed by atoms with E-state index < -0.39 is 17.3 Å². The molecule has 7 heteroatoms. The van der Waals surface area contributed by atoms with Gasteiger partial charge >= 0.3 is 29.6 Å². The van der Waals surface area contributed by atoms with Crippen molar-refractivity contribution in [2.24, 2.45) is 17.3 Å². The van der Waals surface area contributed by atoms with Crippen LogP contribution >= 0.6 is 0 Å². The van der Waals surface area contributed by atoms with Crippen LogP contribution < -0.4 is 49.5 Å². The third-order valence-corrected chi connectivity index (χ3v) is 4.75. The maximum Gasteiger partial charge on any atom is 1.00 e. The Morgan fingerprint density at radius 2 is 1.75 bits per heavy atom. The number of carbonyl (C=O) groups is 2. The molecule has 1 saturated carbocycles. The van der Waals surface area contributed by atoms with Crippen LogP contribution in [0.5, 0.6) is 11.5 Å². The molecular formula is C17H22NNaO5. The average molecular weight is 343 g/mol. The van der Waals surface area contributed by atoms with Gasteiger partial charge in [-0.25, -0.2) is 0 Å². The SMILES string of the molecule is COc1cc(NC(=O)C2CC2(C(=O)[O-])C(C)C)cc(OC)c1C.[Na+]. The van der Waals surface area contributed by atoms with E-state index in [1.54, 1.807) is 26.0 Å². The Morgan fingerprint density at radius 1 is 1.25 bits per heavy atom. The normalized spacial score (nSPS) is 21.7. The van der Waals surface area contributed by atoms with E-state index in [1.807, 2.05) is 6.92 Å². The monoisotopic (exact) mass is 343 g/mol. The molecule has 2 rings (SSSR count). The van der Waals surface area contributed by atoms with Gasteiger partial charge in [0.15, 0.2) is 0 Å². The summed E-state index contributed by atoms with van der Waals surface area (Å²) in [5.74, 6) is -1.05. The van der Waals surface area contributed by atoms with Crippen molar-refractivity contribution in [1.82, 2.24) is 0 Å². The number of methoxy groups -OCH3 is 2. The summed E-state index contributed by atoms with van der Waals surface area (Å²) in [5.41, 5.74) is 0.269. The van der Waals surface area contributed by atoms with Gasteiger partial charge in [0.2, 0.25) is 5.91 Å². The van der Waals surface area contributed by atoms with Gasteiger partial charge in [0.05, 0.1) is 20.1 Å². The number of hydrogen-bond donors (Lipinski definition) is 1. The molecule has 6 nitrogen and oxygen atoms in total. The Bertz CT molecular complexity index is 621. The summed E-state index contributed by atoms with van der Waals surface area (Å²) in [5, 5.41) is 14.2. The minimum Gasteiger partial charge on any atom is -0.550 e. The largest absolute Gasteiger partial charge is 1.00 e. The van der Waals surface area contributed by atoms with Crippen molar-refractivity contribution in [3.05, 3.63) is 17.7 Å². The fourth-order valence-corrected chi connectivity index (χ4v) is 3.09. The molecule has 0 radical (unpaired) electrons. The fraction of sp³-hybridized carbons (Fsp3) is 0.529. The van der Waals surface area contributed by atoms with Crippen LogP contribution in [0.1, 0.15) is 25.8 Å². The van der Waals surface area contributed by atoms with Gasteiger partial charge in [-0.15, -0.1) is 0 Å². The van der Waals surface area contributed by atoms with Crippen LogP contribution in [0.3, 0.4) is 0 Å². The number of nitrogens with one attached hydrogen (secondary N) is 1. The Labute approximate surface area is 164 Å². The van der Waals surface area contributed by atoms with E-state index in [2.05, 4.69) is 5.32 Å². The van der Waals surface area contributed by atoms with Crippen molar-refractivity contribution in [2.75, 3.05) is 19.5 Å². The predicted molar refractivity (Wildman–Crippen MR) is 83.3 cm³/mol. The molecule has 1 N–H and O–H groups in total. The van der Waals surface area contributed by atoms with E-state index in [4.69, 9.17) is 9.47 Å². The Morgan fingerprint density at radius 3 is 2.08 bits per heavy atom. The second kappa shape index (κ2) is 7.76. The van der Waals surface area contributed by atoms with Crippen LogP contribution in [-0.2, 0) is 9.59 Å². The van der Waals surface area contributed by atoms with Crippen LogP contribution in [0.2, 0.25) is 0 Å². The number of benzene rings is 1. The molecule has 2 unspecified atom stereocenters. The second-order valence-corrected chi connectivity index (χ2v) is 6.23. The number of carboxylic acid groups (broad SMARTS) is 1. The van der Waals surface area contributed by atoms with Gasteiger partial charge in [-0.05, 0) is 19.3 Å². The van der Waals surface area contributed by atoms with Gasteiger partial charge in [-0.2, -0.15) is 0 Å². The topological polar surface area (TPSA) is 87.7 Å². The molecule has 0 aromatic heterocycles. The average Bonchev–Trinajstić information content (AvgIpc) is 3.26. The number of carboxylic acids is 1. The molecule has 0 aliphatic heterocycles. The molecule has 1 amide bonds. The molecule has 0 spiro atoms. The minimum atomic E-state index is -1.16. The molecular weight excluding hydrogens is 321 g/mol. The molecule has 1 aromatic carbocycles. The quantitative estimate of drug-likeness (QED) is 0.627. The van der Waals surface area contributed by atoms with Crippen LogP contribution in [0.4, 0.5) is 5.69 Å². The summed E-state index contributed by atoms with van der Waals surface area (Å²) in [4.78, 5) is 23.8.